The monoisotopic (exact) mass is 550 g/mol. The highest BCUT2D eigenvalue weighted by molar-refractivity contribution is 9.10. The maximum Gasteiger partial charge on any atom is 0.257 e. The lowest BCUT2D eigenvalue weighted by Gasteiger charge is -2.22. The van der Waals surface area contributed by atoms with Gasteiger partial charge in [-0.2, -0.15) is 5.26 Å². The molecular formula is C23H15BrN6O2S2. The number of hydrogen-bond acceptors (Lipinski definition) is 9. The lowest BCUT2D eigenvalue weighted by Crippen LogP contribution is -2.20. The Morgan fingerprint density at radius 3 is 2.62 bits per heavy atom. The summed E-state index contributed by atoms with van der Waals surface area (Å²) < 4.78 is 6.61. The summed E-state index contributed by atoms with van der Waals surface area (Å²) in [5, 5.41) is 22.6. The first-order chi connectivity index (χ1) is 16.5. The van der Waals surface area contributed by atoms with Gasteiger partial charge >= 0.3 is 0 Å². The van der Waals surface area contributed by atoms with Gasteiger partial charge < -0.3 is 10.5 Å². The molecule has 1 aliphatic rings. The first-order valence-corrected chi connectivity index (χ1v) is 12.5. The molecule has 2 aromatic carbocycles. The van der Waals surface area contributed by atoms with E-state index in [9.17, 15) is 10.1 Å². The fourth-order valence-electron chi connectivity index (χ4n) is 3.48. The number of fused-ring (bicyclic) bond motifs is 1. The molecule has 11 heteroatoms. The number of anilines is 1. The van der Waals surface area contributed by atoms with E-state index in [1.807, 2.05) is 30.3 Å². The molecule has 1 amide bonds. The largest absolute Gasteiger partial charge is 0.421 e. The fourth-order valence-corrected chi connectivity index (χ4v) is 5.71. The Bertz CT molecular complexity index is 1440. The number of ether oxygens (including phenoxy) is 1. The van der Waals surface area contributed by atoms with Crippen LogP contribution in [0.2, 0.25) is 0 Å². The van der Waals surface area contributed by atoms with Crippen LogP contribution in [0.25, 0.3) is 0 Å². The van der Waals surface area contributed by atoms with Crippen molar-refractivity contribution in [2.75, 3.05) is 5.32 Å². The molecule has 4 aromatic rings. The highest BCUT2D eigenvalue weighted by Gasteiger charge is 2.34. The van der Waals surface area contributed by atoms with Crippen molar-refractivity contribution >= 4 is 49.6 Å². The summed E-state index contributed by atoms with van der Waals surface area (Å²) in [5.74, 6) is -0.152. The van der Waals surface area contributed by atoms with Gasteiger partial charge in [0, 0.05) is 10.0 Å². The maximum absolute atomic E-state index is 12.4. The number of nitrogens with two attached hydrogens (primary N) is 1. The number of thiazole rings is 1. The van der Waals surface area contributed by atoms with Crippen LogP contribution in [0.3, 0.4) is 0 Å². The normalized spacial score (nSPS) is 14.8. The first-order valence-electron chi connectivity index (χ1n) is 10.0. The summed E-state index contributed by atoms with van der Waals surface area (Å²) in [5.41, 5.74) is 7.87. The van der Waals surface area contributed by atoms with E-state index in [2.05, 4.69) is 42.5 Å². The number of benzene rings is 2. The van der Waals surface area contributed by atoms with Crippen molar-refractivity contribution < 1.29 is 9.53 Å². The lowest BCUT2D eigenvalue weighted by molar-refractivity contribution is 0.102. The highest BCUT2D eigenvalue weighted by atomic mass is 79.9. The van der Waals surface area contributed by atoms with Crippen LogP contribution in [-0.4, -0.2) is 21.1 Å². The van der Waals surface area contributed by atoms with Crippen LogP contribution < -0.4 is 15.8 Å². The van der Waals surface area contributed by atoms with Crippen molar-refractivity contribution in [3.63, 3.8) is 0 Å². The van der Waals surface area contributed by atoms with Gasteiger partial charge in [0.05, 0.1) is 17.2 Å². The van der Waals surface area contributed by atoms with Crippen LogP contribution in [0.5, 0.6) is 5.88 Å². The van der Waals surface area contributed by atoms with Crippen molar-refractivity contribution in [1.29, 1.82) is 5.26 Å². The molecule has 2 aromatic heterocycles. The summed E-state index contributed by atoms with van der Waals surface area (Å²) in [6, 6.07) is 18.8. The van der Waals surface area contributed by atoms with E-state index in [0.29, 0.717) is 33.6 Å². The van der Waals surface area contributed by atoms with E-state index in [0.717, 1.165) is 19.9 Å². The topological polar surface area (TPSA) is 127 Å². The van der Waals surface area contributed by atoms with Crippen LogP contribution in [-0.2, 0) is 6.42 Å². The minimum absolute atomic E-state index is 0.0570. The standard InChI is InChI=1S/C23H15BrN6O2S2/c24-14-8-6-12(7-9-14)18-15(11-25)20(26)32-22-19(18)33-16(27-22)10-17-29-30-23(34-17)28-21(31)13-4-2-1-3-5-13/h1-9,18H,10,26H2,(H,28,30,31). The van der Waals surface area contributed by atoms with E-state index in [-0.39, 0.29) is 17.7 Å². The second-order valence-corrected chi connectivity index (χ2v) is 10.3. The first kappa shape index (κ1) is 22.2. The van der Waals surface area contributed by atoms with Gasteiger partial charge in [-0.15, -0.1) is 21.5 Å². The molecule has 34 heavy (non-hydrogen) atoms. The van der Waals surface area contributed by atoms with E-state index in [4.69, 9.17) is 10.5 Å². The van der Waals surface area contributed by atoms with E-state index in [1.54, 1.807) is 24.3 Å². The van der Waals surface area contributed by atoms with Gasteiger partial charge in [0.25, 0.3) is 5.91 Å². The van der Waals surface area contributed by atoms with Crippen molar-refractivity contribution in [2.45, 2.75) is 12.3 Å². The Morgan fingerprint density at radius 2 is 1.88 bits per heavy atom. The molecule has 1 aliphatic heterocycles. The lowest BCUT2D eigenvalue weighted by atomic mass is 9.89. The predicted molar refractivity (Wildman–Crippen MR) is 133 cm³/mol. The number of amides is 1. The predicted octanol–water partition coefficient (Wildman–Crippen LogP) is 4.82. The van der Waals surface area contributed by atoms with Crippen LogP contribution in [0.4, 0.5) is 5.13 Å². The van der Waals surface area contributed by atoms with Gasteiger partial charge in [-0.3, -0.25) is 10.1 Å². The zero-order valence-corrected chi connectivity index (χ0v) is 20.6. The number of nitrogens with zero attached hydrogens (tertiary/aromatic N) is 4. The zero-order valence-electron chi connectivity index (χ0n) is 17.4. The van der Waals surface area contributed by atoms with Gasteiger partial charge in [-0.25, -0.2) is 4.98 Å². The quantitative estimate of drug-likeness (QED) is 0.364. The average molecular weight is 551 g/mol. The third kappa shape index (κ3) is 4.43. The van der Waals surface area contributed by atoms with E-state index < -0.39 is 0 Å². The minimum Gasteiger partial charge on any atom is -0.421 e. The number of aromatic nitrogens is 3. The summed E-state index contributed by atoms with van der Waals surface area (Å²) >= 11 is 6.16. The second kappa shape index (κ2) is 9.34. The third-order valence-electron chi connectivity index (χ3n) is 5.04. The number of carbonyl (C=O) groups is 1. The van der Waals surface area contributed by atoms with Gasteiger partial charge in [-0.05, 0) is 29.8 Å². The molecule has 1 unspecified atom stereocenters. The molecule has 168 valence electrons. The average Bonchev–Trinajstić information content (AvgIpc) is 3.45. The molecule has 3 heterocycles. The van der Waals surface area contributed by atoms with E-state index >= 15 is 0 Å². The summed E-state index contributed by atoms with van der Waals surface area (Å²) in [7, 11) is 0. The number of hydrogen-bond donors (Lipinski definition) is 2. The Morgan fingerprint density at radius 1 is 1.12 bits per heavy atom. The van der Waals surface area contributed by atoms with Crippen LogP contribution in [0.1, 0.15) is 36.7 Å². The Kier molecular flexibility index (Phi) is 6.10. The van der Waals surface area contributed by atoms with Crippen molar-refractivity contribution in [2.24, 2.45) is 5.73 Å². The van der Waals surface area contributed by atoms with Crippen LogP contribution >= 0.6 is 38.6 Å². The molecule has 0 fully saturated rings. The van der Waals surface area contributed by atoms with Crippen LogP contribution in [0.15, 0.2) is 70.5 Å². The molecule has 0 saturated heterocycles. The molecule has 0 bridgehead atoms. The smallest absolute Gasteiger partial charge is 0.257 e. The second-order valence-electron chi connectivity index (χ2n) is 7.25. The molecule has 0 spiro atoms. The number of nitrogens with one attached hydrogen (secondary N) is 1. The minimum atomic E-state index is -0.358. The molecule has 3 N–H and O–H groups in total. The molecule has 5 rings (SSSR count). The molecule has 1 atom stereocenters. The Balaban J connectivity index is 1.38. The highest BCUT2D eigenvalue weighted by Crippen LogP contribution is 2.45. The summed E-state index contributed by atoms with van der Waals surface area (Å²) in [6.45, 7) is 0. The number of allylic oxidation sites excluding steroid dienone is 1. The Labute approximate surface area is 210 Å². The number of carbonyl (C=O) groups excluding carboxylic acids is 1. The summed E-state index contributed by atoms with van der Waals surface area (Å²) in [4.78, 5) is 17.8. The fraction of sp³-hybridized carbons (Fsp3) is 0.0870. The molecule has 0 radical (unpaired) electrons. The van der Waals surface area contributed by atoms with Crippen molar-refractivity contribution in [1.82, 2.24) is 15.2 Å². The molecular weight excluding hydrogens is 536 g/mol. The van der Waals surface area contributed by atoms with E-state index in [1.165, 1.54) is 22.7 Å². The maximum atomic E-state index is 12.4. The van der Waals surface area contributed by atoms with Gasteiger partial charge in [-0.1, -0.05) is 57.6 Å². The SMILES string of the molecule is N#CC1=C(N)Oc2nc(Cc3nnc(NC(=O)c4ccccc4)s3)sc2C1c1ccc(Br)cc1. The third-order valence-corrected chi connectivity index (χ3v) is 7.51. The van der Waals surface area contributed by atoms with Gasteiger partial charge in [0.1, 0.15) is 21.7 Å². The van der Waals surface area contributed by atoms with Crippen molar-refractivity contribution in [3.8, 4) is 11.9 Å². The molecule has 0 aliphatic carbocycles. The Hall–Kier alpha value is -3.59. The number of nitriles is 1. The zero-order chi connectivity index (χ0) is 23.7. The van der Waals surface area contributed by atoms with Gasteiger partial charge in [0.15, 0.2) is 0 Å². The molecule has 0 saturated carbocycles. The van der Waals surface area contributed by atoms with Gasteiger partial charge in [0.2, 0.25) is 16.9 Å². The van der Waals surface area contributed by atoms with Crippen LogP contribution in [0, 0.1) is 11.3 Å². The number of halogens is 1. The summed E-state index contributed by atoms with van der Waals surface area (Å²) in [6.07, 6.45) is 0.411. The molecule has 8 nitrogen and oxygen atoms in total. The van der Waals surface area contributed by atoms with Crippen molar-refractivity contribution in [3.05, 3.63) is 96.5 Å². The number of rotatable bonds is 5.